The van der Waals surface area contributed by atoms with Crippen LogP contribution in [0.1, 0.15) is 38.8 Å². The monoisotopic (exact) mass is 286 g/mol. The van der Waals surface area contributed by atoms with Crippen LogP contribution >= 0.6 is 0 Å². The van der Waals surface area contributed by atoms with E-state index in [-0.39, 0.29) is 0 Å². The molecule has 4 heteroatoms. The first-order valence-electron chi connectivity index (χ1n) is 8.13. The topological polar surface area (TPSA) is 46.6 Å². The van der Waals surface area contributed by atoms with Gasteiger partial charge in [-0.3, -0.25) is 0 Å². The first-order chi connectivity index (χ1) is 10.2. The molecular weight excluding hydrogens is 260 g/mol. The molecule has 2 aromatic rings. The van der Waals surface area contributed by atoms with Crippen molar-refractivity contribution in [2.75, 3.05) is 18.0 Å². The van der Waals surface area contributed by atoms with Gasteiger partial charge in [-0.2, -0.15) is 0 Å². The lowest BCUT2D eigenvalue weighted by atomic mass is 10.1. The summed E-state index contributed by atoms with van der Waals surface area (Å²) in [4.78, 5) is 7.43. The summed E-state index contributed by atoms with van der Waals surface area (Å²) >= 11 is 0. The summed E-state index contributed by atoms with van der Waals surface area (Å²) in [6.45, 7) is 6.34. The maximum atomic E-state index is 5.83. The highest BCUT2D eigenvalue weighted by molar-refractivity contribution is 5.57. The lowest BCUT2D eigenvalue weighted by Gasteiger charge is -2.24. The third-order valence-corrected chi connectivity index (χ3v) is 4.20. The first kappa shape index (κ1) is 14.4. The van der Waals surface area contributed by atoms with E-state index in [9.17, 15) is 0 Å². The molecule has 1 saturated carbocycles. The van der Waals surface area contributed by atoms with E-state index in [1.54, 1.807) is 0 Å². The number of hydrogen-bond donors (Lipinski definition) is 1. The molecule has 2 aromatic heterocycles. The van der Waals surface area contributed by atoms with E-state index >= 15 is 0 Å². The highest BCUT2D eigenvalue weighted by Gasteiger charge is 2.32. The Kier molecular flexibility index (Phi) is 4.15. The summed E-state index contributed by atoms with van der Waals surface area (Å²) in [7, 11) is 0. The number of rotatable bonds is 7. The van der Waals surface area contributed by atoms with E-state index in [4.69, 9.17) is 10.7 Å². The lowest BCUT2D eigenvalue weighted by molar-refractivity contribution is 0.568. The SMILES string of the molecule is CC(C)CCN(c1nc2ccccn2c1CCN)C1CC1. The Balaban J connectivity index is 1.97. The van der Waals surface area contributed by atoms with E-state index in [2.05, 4.69) is 41.5 Å². The Morgan fingerprint density at radius 3 is 2.86 bits per heavy atom. The van der Waals surface area contributed by atoms with Crippen LogP contribution < -0.4 is 10.6 Å². The summed E-state index contributed by atoms with van der Waals surface area (Å²) in [6, 6.07) is 6.88. The van der Waals surface area contributed by atoms with Crippen molar-refractivity contribution in [2.45, 2.75) is 45.6 Å². The van der Waals surface area contributed by atoms with Gasteiger partial charge in [0, 0.05) is 25.2 Å². The predicted octanol–water partition coefficient (Wildman–Crippen LogP) is 2.85. The summed E-state index contributed by atoms with van der Waals surface area (Å²) in [5, 5.41) is 0. The third-order valence-electron chi connectivity index (χ3n) is 4.20. The molecule has 1 aliphatic rings. The Morgan fingerprint density at radius 1 is 1.38 bits per heavy atom. The van der Waals surface area contributed by atoms with Gasteiger partial charge in [0.05, 0.1) is 5.69 Å². The molecule has 2 heterocycles. The van der Waals surface area contributed by atoms with Crippen molar-refractivity contribution >= 4 is 11.5 Å². The van der Waals surface area contributed by atoms with Crippen LogP contribution in [-0.2, 0) is 6.42 Å². The fourth-order valence-corrected chi connectivity index (χ4v) is 2.88. The average Bonchev–Trinajstić information content (AvgIpc) is 3.23. The highest BCUT2D eigenvalue weighted by atomic mass is 15.3. The van der Waals surface area contributed by atoms with Gasteiger partial charge >= 0.3 is 0 Å². The van der Waals surface area contributed by atoms with Gasteiger partial charge in [0.15, 0.2) is 5.82 Å². The largest absolute Gasteiger partial charge is 0.352 e. The van der Waals surface area contributed by atoms with Crippen molar-refractivity contribution in [3.05, 3.63) is 30.1 Å². The normalized spacial score (nSPS) is 15.0. The Morgan fingerprint density at radius 2 is 2.19 bits per heavy atom. The summed E-state index contributed by atoms with van der Waals surface area (Å²) < 4.78 is 2.20. The molecule has 0 aliphatic heterocycles. The smallest absolute Gasteiger partial charge is 0.151 e. The lowest BCUT2D eigenvalue weighted by Crippen LogP contribution is -2.29. The van der Waals surface area contributed by atoms with Crippen LogP contribution in [0.3, 0.4) is 0 Å². The van der Waals surface area contributed by atoms with Gasteiger partial charge in [0.2, 0.25) is 0 Å². The number of hydrogen-bond acceptors (Lipinski definition) is 3. The van der Waals surface area contributed by atoms with Crippen molar-refractivity contribution < 1.29 is 0 Å². The Labute approximate surface area is 127 Å². The molecule has 4 nitrogen and oxygen atoms in total. The number of imidazole rings is 1. The van der Waals surface area contributed by atoms with Crippen molar-refractivity contribution in [1.29, 1.82) is 0 Å². The van der Waals surface area contributed by atoms with Crippen LogP contribution in [0.4, 0.5) is 5.82 Å². The van der Waals surface area contributed by atoms with Crippen LogP contribution in [-0.4, -0.2) is 28.5 Å². The molecule has 21 heavy (non-hydrogen) atoms. The summed E-state index contributed by atoms with van der Waals surface area (Å²) in [5.41, 5.74) is 8.13. The quantitative estimate of drug-likeness (QED) is 0.851. The number of anilines is 1. The van der Waals surface area contributed by atoms with E-state index in [0.717, 1.165) is 30.3 Å². The minimum atomic E-state index is 0.665. The third kappa shape index (κ3) is 3.05. The molecule has 0 bridgehead atoms. The highest BCUT2D eigenvalue weighted by Crippen LogP contribution is 2.34. The maximum Gasteiger partial charge on any atom is 0.151 e. The predicted molar refractivity (Wildman–Crippen MR) is 87.8 cm³/mol. The molecule has 0 amide bonds. The van der Waals surface area contributed by atoms with Gasteiger partial charge in [-0.1, -0.05) is 19.9 Å². The zero-order chi connectivity index (χ0) is 14.8. The number of nitrogens with two attached hydrogens (primary N) is 1. The van der Waals surface area contributed by atoms with Gasteiger partial charge in [-0.15, -0.1) is 0 Å². The molecule has 114 valence electrons. The molecule has 2 N–H and O–H groups in total. The van der Waals surface area contributed by atoms with Crippen LogP contribution in [0, 0.1) is 5.92 Å². The zero-order valence-electron chi connectivity index (χ0n) is 13.1. The van der Waals surface area contributed by atoms with Gasteiger partial charge in [-0.05, 0) is 43.9 Å². The summed E-state index contributed by atoms with van der Waals surface area (Å²) in [6.07, 6.45) is 6.80. The number of nitrogens with zero attached hydrogens (tertiary/aromatic N) is 3. The Bertz CT molecular complexity index is 598. The van der Waals surface area contributed by atoms with E-state index in [1.165, 1.54) is 25.0 Å². The molecule has 0 aromatic carbocycles. The standard InChI is InChI=1S/C17H26N4/c1-13(2)9-12-20(14-6-7-14)17-15(8-10-18)21-11-4-3-5-16(21)19-17/h3-5,11,13-14H,6-10,12,18H2,1-2H3. The minimum absolute atomic E-state index is 0.665. The van der Waals surface area contributed by atoms with Crippen molar-refractivity contribution in [2.24, 2.45) is 11.7 Å². The fourth-order valence-electron chi connectivity index (χ4n) is 2.88. The van der Waals surface area contributed by atoms with E-state index in [1.807, 2.05) is 6.07 Å². The number of fused-ring (bicyclic) bond motifs is 1. The van der Waals surface area contributed by atoms with Crippen LogP contribution in [0.15, 0.2) is 24.4 Å². The molecule has 0 saturated heterocycles. The molecule has 1 aliphatic carbocycles. The van der Waals surface area contributed by atoms with Gasteiger partial charge in [0.1, 0.15) is 5.65 Å². The van der Waals surface area contributed by atoms with Crippen LogP contribution in [0.2, 0.25) is 0 Å². The molecule has 0 spiro atoms. The summed E-state index contributed by atoms with van der Waals surface area (Å²) in [5.74, 6) is 1.89. The molecule has 0 radical (unpaired) electrons. The van der Waals surface area contributed by atoms with Crippen molar-refractivity contribution in [3.63, 3.8) is 0 Å². The van der Waals surface area contributed by atoms with Gasteiger partial charge in [-0.25, -0.2) is 4.98 Å². The number of pyridine rings is 1. The molecular formula is C17H26N4. The van der Waals surface area contributed by atoms with Crippen molar-refractivity contribution in [1.82, 2.24) is 9.38 Å². The second-order valence-corrected chi connectivity index (χ2v) is 6.46. The van der Waals surface area contributed by atoms with Gasteiger partial charge < -0.3 is 15.0 Å². The van der Waals surface area contributed by atoms with Gasteiger partial charge in [0.25, 0.3) is 0 Å². The second kappa shape index (κ2) is 6.06. The Hall–Kier alpha value is -1.55. The van der Waals surface area contributed by atoms with Crippen LogP contribution in [0.25, 0.3) is 5.65 Å². The first-order valence-corrected chi connectivity index (χ1v) is 8.13. The van der Waals surface area contributed by atoms with Crippen LogP contribution in [0.5, 0.6) is 0 Å². The average molecular weight is 286 g/mol. The minimum Gasteiger partial charge on any atom is -0.352 e. The molecule has 3 rings (SSSR count). The maximum absolute atomic E-state index is 5.83. The zero-order valence-corrected chi connectivity index (χ0v) is 13.1. The number of aromatic nitrogens is 2. The van der Waals surface area contributed by atoms with Crippen molar-refractivity contribution in [3.8, 4) is 0 Å². The second-order valence-electron chi connectivity index (χ2n) is 6.46. The van der Waals surface area contributed by atoms with E-state index in [0.29, 0.717) is 12.6 Å². The molecule has 0 unspecified atom stereocenters. The molecule has 0 atom stereocenters. The fraction of sp³-hybridized carbons (Fsp3) is 0.588. The molecule has 1 fully saturated rings. The van der Waals surface area contributed by atoms with E-state index < -0.39 is 0 Å².